The van der Waals surface area contributed by atoms with Crippen LogP contribution >= 0.6 is 70.6 Å². The molecule has 0 aromatic heterocycles. The highest BCUT2D eigenvalue weighted by molar-refractivity contribution is 8.19. The average Bonchev–Trinajstić information content (AvgIpc) is 2.03. The van der Waals surface area contributed by atoms with Crippen molar-refractivity contribution in [1.29, 1.82) is 0 Å². The zero-order chi connectivity index (χ0) is 69.3. The summed E-state index contributed by atoms with van der Waals surface area (Å²) in [6.45, 7) is 29.8. The lowest BCUT2D eigenvalue weighted by Gasteiger charge is -2.35. The number of aliphatic hydroxyl groups is 3. The van der Waals surface area contributed by atoms with E-state index >= 15 is 0 Å². The van der Waals surface area contributed by atoms with Crippen molar-refractivity contribution in [3.05, 3.63) is 0 Å². The van der Waals surface area contributed by atoms with E-state index in [1.54, 1.807) is 23.5 Å². The van der Waals surface area contributed by atoms with Crippen LogP contribution in [0.15, 0.2) is 0 Å². The van der Waals surface area contributed by atoms with Crippen LogP contribution in [0.3, 0.4) is 0 Å². The van der Waals surface area contributed by atoms with Crippen LogP contribution in [0.5, 0.6) is 0 Å². The predicted molar refractivity (Wildman–Crippen MR) is 416 cm³/mol. The van der Waals surface area contributed by atoms with Crippen molar-refractivity contribution in [3.63, 3.8) is 0 Å². The number of unbranched alkanes of at least 4 members (excludes halogenated alkanes) is 27. The third-order valence-corrected chi connectivity index (χ3v) is 25.2. The van der Waals surface area contributed by atoms with Gasteiger partial charge in [0.1, 0.15) is 20.2 Å². The first-order valence-corrected chi connectivity index (χ1v) is 44.2. The Bertz CT molecular complexity index is 1520. The summed E-state index contributed by atoms with van der Waals surface area (Å²) in [6, 6.07) is 0. The summed E-state index contributed by atoms with van der Waals surface area (Å²) >= 11 is 11.1. The summed E-state index contributed by atoms with van der Waals surface area (Å²) in [5, 5.41) is 35.0. The number of nitrogens with zero attached hydrogens (tertiary/aromatic N) is 3. The van der Waals surface area contributed by atoms with Crippen LogP contribution in [-0.2, 0) is 42.6 Å². The first-order valence-electron chi connectivity index (χ1n) is 38.3. The van der Waals surface area contributed by atoms with Crippen LogP contribution in [0.1, 0.15) is 268 Å². The van der Waals surface area contributed by atoms with E-state index in [-0.39, 0.29) is 32.4 Å². The molecule has 0 aliphatic carbocycles. The van der Waals surface area contributed by atoms with E-state index in [0.717, 1.165) is 141 Å². The molecule has 1 saturated heterocycles. The maximum Gasteiger partial charge on any atom is 0.270 e. The van der Waals surface area contributed by atoms with Gasteiger partial charge in [-0.05, 0) is 93.3 Å². The van der Waals surface area contributed by atoms with Gasteiger partial charge in [-0.25, -0.2) is 0 Å². The molecule has 3 unspecified atom stereocenters. The van der Waals surface area contributed by atoms with Crippen molar-refractivity contribution >= 4 is 70.6 Å². The van der Waals surface area contributed by atoms with E-state index in [1.165, 1.54) is 173 Å². The molecule has 1 fully saturated rings. The van der Waals surface area contributed by atoms with Crippen molar-refractivity contribution in [1.82, 2.24) is 20.0 Å². The van der Waals surface area contributed by atoms with Crippen LogP contribution in [0.2, 0.25) is 0 Å². The Balaban J connectivity index is 2.38. The second kappa shape index (κ2) is 68.6. The van der Waals surface area contributed by atoms with Gasteiger partial charge in [0.05, 0.1) is 51.9 Å². The fourth-order valence-electron chi connectivity index (χ4n) is 10.9. The van der Waals surface area contributed by atoms with Gasteiger partial charge in [-0.15, -0.1) is 70.6 Å². The Kier molecular flexibility index (Phi) is 68.2. The normalized spacial score (nSPS) is 14.9. The number of thioether (sulfide) groups is 6. The van der Waals surface area contributed by atoms with Gasteiger partial charge in [0, 0.05) is 87.1 Å². The monoisotopic (exact) mass is 1470 g/mol. The van der Waals surface area contributed by atoms with E-state index in [1.807, 2.05) is 51.9 Å². The van der Waals surface area contributed by atoms with Crippen LogP contribution in [0.4, 0.5) is 0 Å². The van der Waals surface area contributed by atoms with Crippen molar-refractivity contribution in [2.24, 2.45) is 0 Å². The number of hydrogen-bond donors (Lipinski definition) is 4. The number of nitrogens with one attached hydrogen (secondary N) is 1. The molecule has 0 spiro atoms. The van der Waals surface area contributed by atoms with Gasteiger partial charge in [0.15, 0.2) is 0 Å². The van der Waals surface area contributed by atoms with E-state index < -0.39 is 19.4 Å². The lowest BCUT2D eigenvalue weighted by atomic mass is 10.1. The van der Waals surface area contributed by atoms with E-state index in [2.05, 4.69) is 77.4 Å². The highest BCUT2D eigenvalue weighted by atomic mass is 32.2. The Morgan fingerprint density at radius 3 is 0.926 bits per heavy atom. The van der Waals surface area contributed by atoms with Crippen molar-refractivity contribution in [3.8, 4) is 0 Å². The fourth-order valence-corrected chi connectivity index (χ4v) is 17.5. The minimum Gasteiger partial charge on any atom is -0.381 e. The molecule has 0 radical (unpaired) electrons. The number of rotatable bonds is 77. The average molecular weight is 1470 g/mol. The minimum absolute atomic E-state index is 0.0104. The number of ether oxygens (including phenoxy) is 9. The second-order valence-corrected chi connectivity index (χ2v) is 38.0. The van der Waals surface area contributed by atoms with E-state index in [0.29, 0.717) is 37.9 Å². The fraction of sp³-hybridized carbons (Fsp3) is 1.00. The van der Waals surface area contributed by atoms with Gasteiger partial charge in [-0.2, -0.15) is 0 Å². The molecule has 95 heavy (non-hydrogen) atoms. The molecule has 0 aromatic carbocycles. The molecule has 1 rings (SSSR count). The molecular weight excluding hydrogens is 1320 g/mol. The molecule has 1 aliphatic heterocycles. The highest BCUT2D eigenvalue weighted by Crippen LogP contribution is 2.38. The van der Waals surface area contributed by atoms with Crippen LogP contribution < -0.4 is 5.32 Å². The molecule has 4 N–H and O–H groups in total. The standard InChI is InChI=1S/C73H150N4O12S6/c1-10-13-16-19-22-25-28-31-34-37-50-81-53-59-90-71(4,5)93-62-56-84-68(78)87-65-74-42-40-43-75-46-48-76(49-47-75)44-41-45-77(66-88-69(79)85-57-63-94-72(6,7)91-60-54-82-51-38-35-32-29-26-23-20-17-14-11-2)67-89-70(80)86-58-64-95-73(8,9)92-61-55-83-52-39-36-33-30-27-24-21-18-15-12-3/h68-70,74,78-80H,10-67H2,1-9H3. The van der Waals surface area contributed by atoms with Crippen molar-refractivity contribution < 1.29 is 58.0 Å². The maximum absolute atomic E-state index is 10.8. The molecule has 0 bridgehead atoms. The maximum atomic E-state index is 10.8. The highest BCUT2D eigenvalue weighted by Gasteiger charge is 2.23. The first kappa shape index (κ1) is 94.5. The van der Waals surface area contributed by atoms with Gasteiger partial charge in [0.25, 0.3) is 19.4 Å². The molecule has 3 atom stereocenters. The van der Waals surface area contributed by atoms with Crippen LogP contribution in [0, 0.1) is 0 Å². The van der Waals surface area contributed by atoms with Crippen molar-refractivity contribution in [2.45, 2.75) is 299 Å². The molecule has 1 heterocycles. The van der Waals surface area contributed by atoms with Crippen LogP contribution in [0.25, 0.3) is 0 Å². The van der Waals surface area contributed by atoms with Gasteiger partial charge >= 0.3 is 0 Å². The van der Waals surface area contributed by atoms with Crippen molar-refractivity contribution in [2.75, 3.05) is 167 Å². The Morgan fingerprint density at radius 2 is 0.611 bits per heavy atom. The lowest BCUT2D eigenvalue weighted by Crippen LogP contribution is -2.47. The summed E-state index contributed by atoms with van der Waals surface area (Å²) in [4.78, 5) is 6.91. The van der Waals surface area contributed by atoms with Crippen LogP contribution in [-0.4, -0.2) is 228 Å². The molecule has 0 amide bonds. The largest absolute Gasteiger partial charge is 0.381 e. The third kappa shape index (κ3) is 67.1. The summed E-state index contributed by atoms with van der Waals surface area (Å²) in [7, 11) is 0. The third-order valence-electron chi connectivity index (χ3n) is 16.7. The Labute approximate surface area is 610 Å². The topological polar surface area (TPSA) is 166 Å². The number of aliphatic hydroxyl groups excluding tert-OH is 3. The van der Waals surface area contributed by atoms with Gasteiger partial charge in [0.2, 0.25) is 0 Å². The van der Waals surface area contributed by atoms with E-state index in [9.17, 15) is 15.3 Å². The first-order chi connectivity index (χ1) is 46.1. The number of piperazine rings is 1. The smallest absolute Gasteiger partial charge is 0.270 e. The van der Waals surface area contributed by atoms with Gasteiger partial charge < -0.3 is 67.8 Å². The zero-order valence-electron chi connectivity index (χ0n) is 62.6. The quantitative estimate of drug-likeness (QED) is 0.0335. The molecular formula is C73H150N4O12S6. The summed E-state index contributed by atoms with van der Waals surface area (Å²) in [6.07, 6.45) is 41.9. The lowest BCUT2D eigenvalue weighted by molar-refractivity contribution is -0.299. The molecule has 16 nitrogen and oxygen atoms in total. The SMILES string of the molecule is CCCCCCCCCCCCOCCSC(C)(C)SCCOC(O)OCNCCCN1CCN(CCCN(COC(O)OCCSC(C)(C)SCCOCCCCCCCCCCCC)COC(O)OCCSC(C)(C)SCCOCCCCCCCCCCCC)CC1. The Hall–Kier alpha value is 1.46. The van der Waals surface area contributed by atoms with E-state index in [4.69, 9.17) is 42.6 Å². The molecule has 0 aromatic rings. The summed E-state index contributed by atoms with van der Waals surface area (Å²) in [5.41, 5.74) is 0. The molecule has 1 aliphatic rings. The zero-order valence-corrected chi connectivity index (χ0v) is 67.5. The van der Waals surface area contributed by atoms with Gasteiger partial charge in [-0.1, -0.05) is 194 Å². The Morgan fingerprint density at radius 1 is 0.337 bits per heavy atom. The molecule has 570 valence electrons. The summed E-state index contributed by atoms with van der Waals surface area (Å²) < 4.78 is 51.9. The second-order valence-electron chi connectivity index (χ2n) is 26.9. The van der Waals surface area contributed by atoms with Gasteiger partial charge in [-0.3, -0.25) is 10.2 Å². The predicted octanol–water partition coefficient (Wildman–Crippen LogP) is 17.5. The molecule has 0 saturated carbocycles. The molecule has 22 heteroatoms. The number of hydrogen-bond acceptors (Lipinski definition) is 22. The summed E-state index contributed by atoms with van der Waals surface area (Å²) in [5.74, 6) is 5.07. The minimum atomic E-state index is -1.39.